The summed E-state index contributed by atoms with van der Waals surface area (Å²) >= 11 is 0. The molecule has 3 N–H and O–H groups in total. The van der Waals surface area contributed by atoms with E-state index >= 15 is 0 Å². The maximum absolute atomic E-state index is 10.6. The number of amides is 1. The Morgan fingerprint density at radius 3 is 2.77 bits per heavy atom. The minimum Gasteiger partial charge on any atom is -0.465 e. The Morgan fingerprint density at radius 1 is 1.54 bits per heavy atom. The number of β-amino-alcohol motifs (C(OH)–C–C–N with tert-alkyl or cyclic N) is 1. The normalized spacial score (nSPS) is 43.7. The molecule has 5 heteroatoms. The lowest BCUT2D eigenvalue weighted by molar-refractivity contribution is 0.0201. The molecule has 13 heavy (non-hydrogen) atoms. The van der Waals surface area contributed by atoms with Gasteiger partial charge in [-0.05, 0) is 6.42 Å². The van der Waals surface area contributed by atoms with Crippen molar-refractivity contribution in [2.24, 2.45) is 5.92 Å². The van der Waals surface area contributed by atoms with Gasteiger partial charge in [-0.3, -0.25) is 0 Å². The molecule has 1 aliphatic heterocycles. The lowest BCUT2D eigenvalue weighted by Crippen LogP contribution is -2.36. The van der Waals surface area contributed by atoms with Crippen LogP contribution < -0.4 is 0 Å². The number of aliphatic hydroxyl groups is 2. The van der Waals surface area contributed by atoms with Crippen LogP contribution in [0.4, 0.5) is 4.79 Å². The molecular formula is C8H13NO4. The lowest BCUT2D eigenvalue weighted by Gasteiger charge is -2.20. The minimum absolute atomic E-state index is 0.0846. The van der Waals surface area contributed by atoms with Crippen LogP contribution in [-0.2, 0) is 0 Å². The number of aliphatic hydroxyl groups excluding tert-OH is 1. The number of likely N-dealkylation sites (tertiary alicyclic amines) is 1. The molecule has 0 aromatic carbocycles. The van der Waals surface area contributed by atoms with Crippen molar-refractivity contribution in [1.82, 2.24) is 4.90 Å². The molecule has 1 saturated heterocycles. The van der Waals surface area contributed by atoms with Crippen LogP contribution in [0, 0.1) is 5.92 Å². The highest BCUT2D eigenvalue weighted by molar-refractivity contribution is 5.65. The summed E-state index contributed by atoms with van der Waals surface area (Å²) < 4.78 is 0. The van der Waals surface area contributed by atoms with Crippen molar-refractivity contribution in [3.8, 4) is 0 Å². The Morgan fingerprint density at radius 2 is 2.23 bits per heavy atom. The number of hydrogen-bond donors (Lipinski definition) is 3. The summed E-state index contributed by atoms with van der Waals surface area (Å²) in [4.78, 5) is 11.8. The first-order chi connectivity index (χ1) is 6.01. The van der Waals surface area contributed by atoms with Gasteiger partial charge < -0.3 is 20.2 Å². The van der Waals surface area contributed by atoms with E-state index in [0.717, 1.165) is 0 Å². The molecule has 0 unspecified atom stereocenters. The fraction of sp³-hybridized carbons (Fsp3) is 0.875. The summed E-state index contributed by atoms with van der Waals surface area (Å²) in [6.45, 7) is 0.493. The Balaban J connectivity index is 2.10. The zero-order valence-corrected chi connectivity index (χ0v) is 7.18. The molecule has 2 aliphatic rings. The molecule has 0 bridgehead atoms. The molecule has 0 radical (unpaired) electrons. The molecule has 0 aromatic heterocycles. The van der Waals surface area contributed by atoms with Crippen molar-refractivity contribution < 1.29 is 20.1 Å². The van der Waals surface area contributed by atoms with Crippen molar-refractivity contribution >= 4 is 6.09 Å². The highest BCUT2D eigenvalue weighted by Gasteiger charge is 2.52. The molecule has 0 aromatic rings. The molecule has 2 fully saturated rings. The van der Waals surface area contributed by atoms with Gasteiger partial charge in [-0.25, -0.2) is 4.79 Å². The largest absolute Gasteiger partial charge is 0.465 e. The third-order valence-electron chi connectivity index (χ3n) is 3.08. The maximum atomic E-state index is 10.6. The first kappa shape index (κ1) is 8.77. The van der Waals surface area contributed by atoms with E-state index in [1.54, 1.807) is 0 Å². The Kier molecular flexibility index (Phi) is 1.75. The predicted molar refractivity (Wildman–Crippen MR) is 43.3 cm³/mol. The molecule has 74 valence electrons. The van der Waals surface area contributed by atoms with Gasteiger partial charge in [-0.2, -0.15) is 0 Å². The van der Waals surface area contributed by atoms with Crippen LogP contribution in [0.1, 0.15) is 12.8 Å². The Bertz CT molecular complexity index is 244. The molecule has 5 nitrogen and oxygen atoms in total. The van der Waals surface area contributed by atoms with Crippen LogP contribution in [0.25, 0.3) is 0 Å². The second-order valence-electron chi connectivity index (χ2n) is 4.06. The zero-order valence-electron chi connectivity index (χ0n) is 7.18. The van der Waals surface area contributed by atoms with Crippen molar-refractivity contribution in [2.75, 3.05) is 13.1 Å². The summed E-state index contributed by atoms with van der Waals surface area (Å²) in [5.74, 6) is -0.0846. The molecule has 3 atom stereocenters. The van der Waals surface area contributed by atoms with Crippen molar-refractivity contribution in [2.45, 2.75) is 24.5 Å². The van der Waals surface area contributed by atoms with Gasteiger partial charge in [0, 0.05) is 18.9 Å². The van der Waals surface area contributed by atoms with E-state index in [9.17, 15) is 15.0 Å². The summed E-state index contributed by atoms with van der Waals surface area (Å²) in [5, 5.41) is 28.0. The van der Waals surface area contributed by atoms with E-state index in [1.807, 2.05) is 0 Å². The summed E-state index contributed by atoms with van der Waals surface area (Å²) in [6, 6.07) is 0. The standard InChI is InChI=1S/C8H13NO4/c10-6-1-5-3-9(7(11)12)4-8(5,13)2-6/h5-6,10,13H,1-4H2,(H,11,12)/t5-,6-,8-/m1/s1. The molecule has 0 spiro atoms. The highest BCUT2D eigenvalue weighted by Crippen LogP contribution is 2.41. The number of hydrogen-bond acceptors (Lipinski definition) is 3. The fourth-order valence-corrected chi connectivity index (χ4v) is 2.45. The van der Waals surface area contributed by atoms with Gasteiger partial charge in [0.25, 0.3) is 0 Å². The zero-order chi connectivity index (χ0) is 9.64. The van der Waals surface area contributed by atoms with E-state index < -0.39 is 17.8 Å². The van der Waals surface area contributed by atoms with Gasteiger partial charge in [0.2, 0.25) is 0 Å². The van der Waals surface area contributed by atoms with Crippen LogP contribution in [0.5, 0.6) is 0 Å². The Hall–Kier alpha value is -0.810. The van der Waals surface area contributed by atoms with Crippen LogP contribution in [0.2, 0.25) is 0 Å². The SMILES string of the molecule is O=C(O)N1C[C@H]2C[C@@H](O)C[C@@]2(O)C1. The minimum atomic E-state index is -0.989. The third-order valence-corrected chi connectivity index (χ3v) is 3.08. The molecule has 2 rings (SSSR count). The van der Waals surface area contributed by atoms with Gasteiger partial charge in [-0.1, -0.05) is 0 Å². The highest BCUT2D eigenvalue weighted by atomic mass is 16.4. The van der Waals surface area contributed by atoms with Crippen molar-refractivity contribution in [3.05, 3.63) is 0 Å². The lowest BCUT2D eigenvalue weighted by atomic mass is 9.95. The summed E-state index contributed by atoms with van der Waals surface area (Å²) in [5.41, 5.74) is -0.974. The summed E-state index contributed by atoms with van der Waals surface area (Å²) in [6.07, 6.45) is -0.634. The quantitative estimate of drug-likeness (QED) is 0.476. The number of carbonyl (C=O) groups is 1. The fourth-order valence-electron chi connectivity index (χ4n) is 2.45. The van der Waals surface area contributed by atoms with Crippen molar-refractivity contribution in [1.29, 1.82) is 0 Å². The number of carboxylic acid groups (broad SMARTS) is 1. The average Bonchev–Trinajstić information content (AvgIpc) is 2.38. The predicted octanol–water partition coefficient (Wildman–Crippen LogP) is -0.518. The number of nitrogens with zero attached hydrogens (tertiary/aromatic N) is 1. The maximum Gasteiger partial charge on any atom is 0.407 e. The smallest absolute Gasteiger partial charge is 0.407 e. The number of fused-ring (bicyclic) bond motifs is 1. The molecular weight excluding hydrogens is 174 g/mol. The van der Waals surface area contributed by atoms with E-state index in [4.69, 9.17) is 5.11 Å². The average molecular weight is 187 g/mol. The second-order valence-corrected chi connectivity index (χ2v) is 4.06. The monoisotopic (exact) mass is 187 g/mol. The first-order valence-electron chi connectivity index (χ1n) is 4.39. The molecule has 1 amide bonds. The van der Waals surface area contributed by atoms with E-state index in [-0.39, 0.29) is 12.5 Å². The van der Waals surface area contributed by atoms with Gasteiger partial charge in [0.15, 0.2) is 0 Å². The van der Waals surface area contributed by atoms with Crippen molar-refractivity contribution in [3.63, 3.8) is 0 Å². The van der Waals surface area contributed by atoms with Crippen LogP contribution >= 0.6 is 0 Å². The van der Waals surface area contributed by atoms with Crippen LogP contribution in [0.15, 0.2) is 0 Å². The van der Waals surface area contributed by atoms with E-state index in [1.165, 1.54) is 4.90 Å². The van der Waals surface area contributed by atoms with Gasteiger partial charge in [-0.15, -0.1) is 0 Å². The topological polar surface area (TPSA) is 81.0 Å². The second kappa shape index (κ2) is 2.59. The summed E-state index contributed by atoms with van der Waals surface area (Å²) in [7, 11) is 0. The first-order valence-corrected chi connectivity index (χ1v) is 4.39. The van der Waals surface area contributed by atoms with Gasteiger partial charge in [0.1, 0.15) is 0 Å². The number of rotatable bonds is 0. The molecule has 1 aliphatic carbocycles. The van der Waals surface area contributed by atoms with Gasteiger partial charge in [0.05, 0.1) is 18.2 Å². The molecule has 1 saturated carbocycles. The van der Waals surface area contributed by atoms with Crippen LogP contribution in [-0.4, -0.2) is 51.1 Å². The Labute approximate surface area is 75.6 Å². The van der Waals surface area contributed by atoms with Gasteiger partial charge >= 0.3 is 6.09 Å². The van der Waals surface area contributed by atoms with E-state index in [0.29, 0.717) is 19.4 Å². The third kappa shape index (κ3) is 1.28. The van der Waals surface area contributed by atoms with Crippen LogP contribution in [0.3, 0.4) is 0 Å². The van der Waals surface area contributed by atoms with E-state index in [2.05, 4.69) is 0 Å². The molecule has 1 heterocycles.